The van der Waals surface area contributed by atoms with E-state index in [9.17, 15) is 4.79 Å². The van der Waals surface area contributed by atoms with E-state index in [1.54, 1.807) is 19.0 Å². The van der Waals surface area contributed by atoms with Gasteiger partial charge in [-0.05, 0) is 24.2 Å². The molecule has 0 heterocycles. The number of hydrogen-bond donors (Lipinski definition) is 0. The van der Waals surface area contributed by atoms with Crippen LogP contribution in [0.4, 0.5) is 0 Å². The van der Waals surface area contributed by atoms with Gasteiger partial charge in [0.2, 0.25) is 5.91 Å². The Balaban J connectivity index is 2.29. The highest BCUT2D eigenvalue weighted by Gasteiger charge is 2.26. The predicted octanol–water partition coefficient (Wildman–Crippen LogP) is 3.60. The Bertz CT molecular complexity index is 628. The molecule has 0 aliphatic rings. The first-order valence-corrected chi connectivity index (χ1v) is 7.58. The molecule has 3 nitrogen and oxygen atoms in total. The van der Waals surface area contributed by atoms with Crippen molar-refractivity contribution in [3.8, 4) is 0 Å². The number of amides is 1. The van der Waals surface area contributed by atoms with Gasteiger partial charge in [-0.3, -0.25) is 9.69 Å². The van der Waals surface area contributed by atoms with Crippen LogP contribution in [0.2, 0.25) is 5.02 Å². The number of likely N-dealkylation sites (N-methyl/N-ethyl adjacent to an activating group) is 2. The Morgan fingerprint density at radius 2 is 1.59 bits per heavy atom. The van der Waals surface area contributed by atoms with Crippen LogP contribution in [0.5, 0.6) is 0 Å². The summed E-state index contributed by atoms with van der Waals surface area (Å²) < 4.78 is 0. The third kappa shape index (κ3) is 3.87. The van der Waals surface area contributed by atoms with Crippen molar-refractivity contribution in [1.82, 2.24) is 9.80 Å². The monoisotopic (exact) mass is 316 g/mol. The van der Waals surface area contributed by atoms with Crippen molar-refractivity contribution in [3.05, 3.63) is 70.7 Å². The summed E-state index contributed by atoms with van der Waals surface area (Å²) in [6, 6.07) is 17.2. The molecule has 0 bridgehead atoms. The molecule has 0 spiro atoms. The lowest BCUT2D eigenvalue weighted by molar-refractivity contribution is -0.134. The van der Waals surface area contributed by atoms with Gasteiger partial charge in [0.15, 0.2) is 0 Å². The van der Waals surface area contributed by atoms with Crippen molar-refractivity contribution >= 4 is 17.5 Å². The second kappa shape index (κ2) is 7.43. The van der Waals surface area contributed by atoms with E-state index < -0.39 is 0 Å². The third-order valence-corrected chi connectivity index (χ3v) is 3.98. The van der Waals surface area contributed by atoms with Gasteiger partial charge in [0.1, 0.15) is 6.04 Å². The highest BCUT2D eigenvalue weighted by atomic mass is 35.5. The number of carbonyl (C=O) groups is 1. The normalized spacial score (nSPS) is 12.2. The molecular formula is C18H21ClN2O. The summed E-state index contributed by atoms with van der Waals surface area (Å²) in [5, 5.41) is 0.721. The molecular weight excluding hydrogens is 296 g/mol. The molecule has 0 saturated carbocycles. The average Bonchev–Trinajstić information content (AvgIpc) is 2.50. The van der Waals surface area contributed by atoms with Crippen molar-refractivity contribution in [2.75, 3.05) is 21.1 Å². The van der Waals surface area contributed by atoms with Crippen LogP contribution in [0.1, 0.15) is 17.2 Å². The minimum absolute atomic E-state index is 0.0563. The maximum atomic E-state index is 12.6. The fourth-order valence-electron chi connectivity index (χ4n) is 2.45. The first-order valence-electron chi connectivity index (χ1n) is 7.20. The van der Waals surface area contributed by atoms with E-state index in [0.717, 1.165) is 16.1 Å². The van der Waals surface area contributed by atoms with Crippen molar-refractivity contribution in [1.29, 1.82) is 0 Å². The maximum absolute atomic E-state index is 12.6. The van der Waals surface area contributed by atoms with Gasteiger partial charge in [-0.25, -0.2) is 0 Å². The largest absolute Gasteiger partial charge is 0.347 e. The number of halogens is 1. The molecule has 0 N–H and O–H groups in total. The zero-order valence-electron chi connectivity index (χ0n) is 13.2. The van der Waals surface area contributed by atoms with Gasteiger partial charge in [0.25, 0.3) is 0 Å². The van der Waals surface area contributed by atoms with Crippen LogP contribution in [0.15, 0.2) is 54.6 Å². The van der Waals surface area contributed by atoms with E-state index in [-0.39, 0.29) is 11.9 Å². The second-order valence-electron chi connectivity index (χ2n) is 5.55. The number of rotatable bonds is 5. The van der Waals surface area contributed by atoms with Gasteiger partial charge in [0, 0.05) is 25.7 Å². The van der Waals surface area contributed by atoms with Crippen LogP contribution in [-0.4, -0.2) is 36.9 Å². The van der Waals surface area contributed by atoms with Gasteiger partial charge >= 0.3 is 0 Å². The standard InChI is InChI=1S/C18H21ClN2O/c1-20(2)18(22)17(14-9-5-4-6-10-14)21(3)13-15-11-7-8-12-16(15)19/h4-12,17H,13H2,1-3H3. The Morgan fingerprint density at radius 3 is 2.18 bits per heavy atom. The van der Waals surface area contributed by atoms with Crippen molar-refractivity contribution < 1.29 is 4.79 Å². The molecule has 2 aromatic carbocycles. The van der Waals surface area contributed by atoms with Gasteiger partial charge in [0.05, 0.1) is 0 Å². The molecule has 0 aliphatic carbocycles. The van der Waals surface area contributed by atoms with Crippen molar-refractivity contribution in [2.24, 2.45) is 0 Å². The smallest absolute Gasteiger partial charge is 0.244 e. The molecule has 0 fully saturated rings. The molecule has 1 amide bonds. The number of hydrogen-bond acceptors (Lipinski definition) is 2. The number of benzene rings is 2. The Labute approximate surface area is 137 Å². The average molecular weight is 317 g/mol. The van der Waals surface area contributed by atoms with Gasteiger partial charge in [-0.2, -0.15) is 0 Å². The summed E-state index contributed by atoms with van der Waals surface area (Å²) in [6.45, 7) is 0.610. The number of nitrogens with zero attached hydrogens (tertiary/aromatic N) is 2. The summed E-state index contributed by atoms with van der Waals surface area (Å²) >= 11 is 6.24. The summed E-state index contributed by atoms with van der Waals surface area (Å²) in [7, 11) is 5.51. The highest BCUT2D eigenvalue weighted by Crippen LogP contribution is 2.25. The minimum Gasteiger partial charge on any atom is -0.347 e. The summed E-state index contributed by atoms with van der Waals surface area (Å²) in [6.07, 6.45) is 0. The maximum Gasteiger partial charge on any atom is 0.244 e. The SMILES string of the molecule is CN(C)C(=O)C(c1ccccc1)N(C)Cc1ccccc1Cl. The van der Waals surface area contributed by atoms with Gasteiger partial charge < -0.3 is 4.90 Å². The molecule has 1 atom stereocenters. The highest BCUT2D eigenvalue weighted by molar-refractivity contribution is 6.31. The molecule has 0 aliphatic heterocycles. The molecule has 0 aromatic heterocycles. The molecule has 0 radical (unpaired) electrons. The van der Waals surface area contributed by atoms with Crippen LogP contribution in [0, 0.1) is 0 Å². The number of carbonyl (C=O) groups excluding carboxylic acids is 1. The topological polar surface area (TPSA) is 23.6 Å². The molecule has 2 aromatic rings. The van der Waals surface area contributed by atoms with E-state index in [2.05, 4.69) is 0 Å². The minimum atomic E-state index is -0.326. The Hall–Kier alpha value is -1.84. The molecule has 4 heteroatoms. The van der Waals surface area contributed by atoms with Gasteiger partial charge in [-0.15, -0.1) is 0 Å². The summed E-state index contributed by atoms with van der Waals surface area (Å²) in [4.78, 5) is 16.3. The van der Waals surface area contributed by atoms with Crippen LogP contribution < -0.4 is 0 Å². The van der Waals surface area contributed by atoms with E-state index in [0.29, 0.717) is 6.54 Å². The van der Waals surface area contributed by atoms with Crippen molar-refractivity contribution in [3.63, 3.8) is 0 Å². The van der Waals surface area contributed by atoms with Crippen LogP contribution in [0.25, 0.3) is 0 Å². The molecule has 1 unspecified atom stereocenters. The predicted molar refractivity (Wildman–Crippen MR) is 90.8 cm³/mol. The fraction of sp³-hybridized carbons (Fsp3) is 0.278. The molecule has 22 heavy (non-hydrogen) atoms. The van der Waals surface area contributed by atoms with E-state index >= 15 is 0 Å². The first-order chi connectivity index (χ1) is 10.5. The van der Waals surface area contributed by atoms with Crippen LogP contribution >= 0.6 is 11.6 Å². The van der Waals surface area contributed by atoms with E-state index in [1.165, 1.54) is 0 Å². The van der Waals surface area contributed by atoms with Crippen molar-refractivity contribution in [2.45, 2.75) is 12.6 Å². The lowest BCUT2D eigenvalue weighted by Crippen LogP contribution is -2.37. The lowest BCUT2D eigenvalue weighted by Gasteiger charge is -2.30. The zero-order valence-corrected chi connectivity index (χ0v) is 13.9. The molecule has 116 valence electrons. The Morgan fingerprint density at radius 1 is 1.00 bits per heavy atom. The van der Waals surface area contributed by atoms with Crippen LogP contribution in [0.3, 0.4) is 0 Å². The van der Waals surface area contributed by atoms with E-state index in [4.69, 9.17) is 11.6 Å². The second-order valence-corrected chi connectivity index (χ2v) is 5.96. The van der Waals surface area contributed by atoms with E-state index in [1.807, 2.05) is 66.5 Å². The fourth-order valence-corrected chi connectivity index (χ4v) is 2.65. The van der Waals surface area contributed by atoms with Gasteiger partial charge in [-0.1, -0.05) is 60.1 Å². The zero-order chi connectivity index (χ0) is 16.1. The summed E-state index contributed by atoms with van der Waals surface area (Å²) in [5.41, 5.74) is 2.00. The third-order valence-electron chi connectivity index (χ3n) is 3.61. The first kappa shape index (κ1) is 16.5. The Kier molecular flexibility index (Phi) is 5.58. The molecule has 2 rings (SSSR count). The molecule has 0 saturated heterocycles. The quantitative estimate of drug-likeness (QED) is 0.841. The summed E-state index contributed by atoms with van der Waals surface area (Å²) in [5.74, 6) is 0.0563. The van der Waals surface area contributed by atoms with Crippen LogP contribution in [-0.2, 0) is 11.3 Å². The lowest BCUT2D eigenvalue weighted by atomic mass is 10.0.